The van der Waals surface area contributed by atoms with Crippen LogP contribution in [0.5, 0.6) is 0 Å². The number of nitrogens with zero attached hydrogens (tertiary/aromatic N) is 3. The van der Waals surface area contributed by atoms with Gasteiger partial charge in [-0.1, -0.05) is 32.1 Å². The lowest BCUT2D eigenvalue weighted by Gasteiger charge is -2.30. The van der Waals surface area contributed by atoms with Gasteiger partial charge in [-0.2, -0.15) is 0 Å². The van der Waals surface area contributed by atoms with Crippen LogP contribution in [-0.4, -0.2) is 29.0 Å². The van der Waals surface area contributed by atoms with E-state index < -0.39 is 0 Å². The predicted octanol–water partition coefficient (Wildman–Crippen LogP) is 3.42. The Morgan fingerprint density at radius 3 is 2.68 bits per heavy atom. The molecule has 1 saturated heterocycles. The van der Waals surface area contributed by atoms with E-state index in [0.29, 0.717) is 5.75 Å². The number of amides is 1. The van der Waals surface area contributed by atoms with Gasteiger partial charge in [0.2, 0.25) is 11.8 Å². The molecule has 0 saturated carbocycles. The van der Waals surface area contributed by atoms with Gasteiger partial charge in [-0.15, -0.1) is 11.8 Å². The number of thioether (sulfide) groups is 1. The molecule has 2 N–H and O–H groups in total. The lowest BCUT2D eigenvalue weighted by atomic mass is 9.94. The Morgan fingerprint density at radius 2 is 2.08 bits per heavy atom. The van der Waals surface area contributed by atoms with Gasteiger partial charge in [0.15, 0.2) is 5.13 Å². The fourth-order valence-electron chi connectivity index (χ4n) is 2.68. The zero-order chi connectivity index (χ0) is 18.0. The van der Waals surface area contributed by atoms with Gasteiger partial charge in [-0.25, -0.2) is 9.97 Å². The Bertz CT molecular complexity index is 727. The molecule has 6 nitrogen and oxygen atoms in total. The molecule has 0 spiro atoms. The summed E-state index contributed by atoms with van der Waals surface area (Å²) in [4.78, 5) is 22.4. The molecule has 0 aromatic carbocycles. The summed E-state index contributed by atoms with van der Waals surface area (Å²) < 4.78 is 6.97. The van der Waals surface area contributed by atoms with Gasteiger partial charge in [-0.3, -0.25) is 4.79 Å². The Hall–Kier alpha value is -1.54. The molecule has 0 aliphatic carbocycles. The lowest BCUT2D eigenvalue weighted by Crippen LogP contribution is -2.38. The molecule has 3 rings (SSSR count). The minimum atomic E-state index is -0.185. The van der Waals surface area contributed by atoms with Crippen LogP contribution < -0.4 is 10.6 Å². The van der Waals surface area contributed by atoms with Crippen molar-refractivity contribution in [3.63, 3.8) is 0 Å². The molecule has 0 unspecified atom stereocenters. The SMILES string of the molecule is CC(C)(C)c1cnc(CSc2cnc(N3CCC(C(N)=O)CC3)s2)o1. The van der Waals surface area contributed by atoms with Crippen molar-refractivity contribution in [2.45, 2.75) is 49.0 Å². The number of hydrogen-bond acceptors (Lipinski definition) is 7. The zero-order valence-electron chi connectivity index (χ0n) is 14.8. The maximum Gasteiger partial charge on any atom is 0.220 e. The first kappa shape index (κ1) is 18.3. The molecule has 0 bridgehead atoms. The molecule has 1 amide bonds. The second-order valence-corrected chi connectivity index (χ2v) is 9.57. The smallest absolute Gasteiger partial charge is 0.220 e. The van der Waals surface area contributed by atoms with E-state index in [4.69, 9.17) is 10.2 Å². The van der Waals surface area contributed by atoms with Gasteiger partial charge in [0, 0.05) is 24.4 Å². The van der Waals surface area contributed by atoms with Crippen LogP contribution in [0.3, 0.4) is 0 Å². The van der Waals surface area contributed by atoms with E-state index in [2.05, 4.69) is 35.6 Å². The van der Waals surface area contributed by atoms with Crippen LogP contribution in [0, 0.1) is 5.92 Å². The Labute approximate surface area is 156 Å². The van der Waals surface area contributed by atoms with Crippen LogP contribution in [0.2, 0.25) is 0 Å². The summed E-state index contributed by atoms with van der Waals surface area (Å²) in [5, 5.41) is 1.01. The number of rotatable bonds is 5. The Balaban J connectivity index is 1.54. The highest BCUT2D eigenvalue weighted by Gasteiger charge is 2.25. The summed E-state index contributed by atoms with van der Waals surface area (Å²) in [6.07, 6.45) is 5.34. The van der Waals surface area contributed by atoms with Crippen molar-refractivity contribution in [3.05, 3.63) is 24.0 Å². The standard InChI is InChI=1S/C17H24N4O2S2/c1-17(2,3)12-8-19-13(23-12)10-24-14-9-20-16(25-14)21-6-4-11(5-7-21)15(18)22/h8-9,11H,4-7,10H2,1-3H3,(H2,18,22). The fourth-order valence-corrected chi connectivity index (χ4v) is 4.54. The third-order valence-corrected chi connectivity index (χ3v) is 6.51. The third kappa shape index (κ3) is 4.55. The Morgan fingerprint density at radius 1 is 1.36 bits per heavy atom. The number of oxazole rings is 1. The number of carbonyl (C=O) groups excluding carboxylic acids is 1. The van der Waals surface area contributed by atoms with E-state index in [0.717, 1.165) is 46.9 Å². The first-order chi connectivity index (χ1) is 11.8. The minimum Gasteiger partial charge on any atom is -0.444 e. The summed E-state index contributed by atoms with van der Waals surface area (Å²) in [5.41, 5.74) is 5.37. The molecule has 1 aliphatic rings. The van der Waals surface area contributed by atoms with Gasteiger partial charge in [-0.05, 0) is 12.8 Å². The average molecular weight is 381 g/mol. The largest absolute Gasteiger partial charge is 0.444 e. The van der Waals surface area contributed by atoms with Crippen molar-refractivity contribution in [3.8, 4) is 0 Å². The molecule has 0 atom stereocenters. The monoisotopic (exact) mass is 380 g/mol. The molecule has 2 aromatic rings. The number of piperidine rings is 1. The van der Waals surface area contributed by atoms with Crippen LogP contribution in [-0.2, 0) is 16.0 Å². The van der Waals surface area contributed by atoms with Gasteiger partial charge in [0.1, 0.15) is 5.76 Å². The quantitative estimate of drug-likeness (QED) is 0.800. The summed E-state index contributed by atoms with van der Waals surface area (Å²) in [5.74, 6) is 2.17. The number of aromatic nitrogens is 2. The van der Waals surface area contributed by atoms with Gasteiger partial charge in [0.25, 0.3) is 0 Å². The maximum atomic E-state index is 11.3. The molecule has 136 valence electrons. The molecule has 1 aliphatic heterocycles. The topological polar surface area (TPSA) is 85.3 Å². The van der Waals surface area contributed by atoms with Crippen molar-refractivity contribution in [2.24, 2.45) is 11.7 Å². The number of nitrogens with two attached hydrogens (primary N) is 1. The first-order valence-electron chi connectivity index (χ1n) is 8.41. The molecule has 1 fully saturated rings. The van der Waals surface area contributed by atoms with E-state index in [1.165, 1.54) is 0 Å². The second kappa shape index (κ2) is 7.37. The van der Waals surface area contributed by atoms with Crippen molar-refractivity contribution in [2.75, 3.05) is 18.0 Å². The van der Waals surface area contributed by atoms with Crippen LogP contribution in [0.1, 0.15) is 45.3 Å². The van der Waals surface area contributed by atoms with Gasteiger partial charge < -0.3 is 15.1 Å². The van der Waals surface area contributed by atoms with Crippen LogP contribution in [0.4, 0.5) is 5.13 Å². The van der Waals surface area contributed by atoms with E-state index in [1.807, 2.05) is 12.4 Å². The number of primary amides is 1. The van der Waals surface area contributed by atoms with Crippen molar-refractivity contribution < 1.29 is 9.21 Å². The predicted molar refractivity (Wildman–Crippen MR) is 101 cm³/mol. The molecule has 2 aromatic heterocycles. The highest BCUT2D eigenvalue weighted by Crippen LogP contribution is 2.34. The fraction of sp³-hybridized carbons (Fsp3) is 0.588. The van der Waals surface area contributed by atoms with Gasteiger partial charge >= 0.3 is 0 Å². The third-order valence-electron chi connectivity index (χ3n) is 4.27. The zero-order valence-corrected chi connectivity index (χ0v) is 16.5. The minimum absolute atomic E-state index is 0.00657. The summed E-state index contributed by atoms with van der Waals surface area (Å²) in [6, 6.07) is 0. The number of anilines is 1. The van der Waals surface area contributed by atoms with Gasteiger partial charge in [0.05, 0.1) is 22.4 Å². The van der Waals surface area contributed by atoms with E-state index in [1.54, 1.807) is 23.1 Å². The maximum absolute atomic E-state index is 11.3. The molecule has 25 heavy (non-hydrogen) atoms. The average Bonchev–Trinajstić information content (AvgIpc) is 3.22. The van der Waals surface area contributed by atoms with Crippen molar-refractivity contribution in [1.29, 1.82) is 0 Å². The lowest BCUT2D eigenvalue weighted by molar-refractivity contribution is -0.122. The number of hydrogen-bond donors (Lipinski definition) is 1. The van der Waals surface area contributed by atoms with Crippen molar-refractivity contribution >= 4 is 34.1 Å². The second-order valence-electron chi connectivity index (χ2n) is 7.28. The van der Waals surface area contributed by atoms with Crippen LogP contribution in [0.25, 0.3) is 0 Å². The Kier molecular flexibility index (Phi) is 5.38. The number of thiazole rings is 1. The summed E-state index contributed by atoms with van der Waals surface area (Å²) in [7, 11) is 0. The number of carbonyl (C=O) groups is 1. The highest BCUT2D eigenvalue weighted by atomic mass is 32.2. The van der Waals surface area contributed by atoms with E-state index in [9.17, 15) is 4.79 Å². The van der Waals surface area contributed by atoms with E-state index in [-0.39, 0.29) is 17.2 Å². The highest BCUT2D eigenvalue weighted by molar-refractivity contribution is 8.00. The molecular weight excluding hydrogens is 356 g/mol. The molecular formula is C17H24N4O2S2. The van der Waals surface area contributed by atoms with Crippen molar-refractivity contribution in [1.82, 2.24) is 9.97 Å². The first-order valence-corrected chi connectivity index (χ1v) is 10.2. The normalized spacial score (nSPS) is 16.4. The summed E-state index contributed by atoms with van der Waals surface area (Å²) in [6.45, 7) is 8.00. The molecule has 8 heteroatoms. The van der Waals surface area contributed by atoms with E-state index >= 15 is 0 Å². The molecule has 0 radical (unpaired) electrons. The summed E-state index contributed by atoms with van der Waals surface area (Å²) >= 11 is 3.36. The van der Waals surface area contributed by atoms with Crippen LogP contribution >= 0.6 is 23.1 Å². The van der Waals surface area contributed by atoms with Crippen LogP contribution in [0.15, 0.2) is 21.0 Å². The molecule has 3 heterocycles.